The Balaban J connectivity index is 1.82. The molecule has 0 spiro atoms. The Hall–Kier alpha value is -3.13. The van der Waals surface area contributed by atoms with Crippen molar-refractivity contribution in [2.75, 3.05) is 12.9 Å². The molecule has 0 aliphatic carbocycles. The lowest BCUT2D eigenvalue weighted by Crippen LogP contribution is -2.37. The summed E-state index contributed by atoms with van der Waals surface area (Å²) in [4.78, 5) is 29.7. The van der Waals surface area contributed by atoms with Crippen molar-refractivity contribution in [2.24, 2.45) is 4.99 Å². The van der Waals surface area contributed by atoms with Gasteiger partial charge in [0, 0.05) is 30.0 Å². The number of nitro benzene ring substituents is 1. The molecule has 1 aliphatic heterocycles. The Labute approximate surface area is 173 Å². The van der Waals surface area contributed by atoms with E-state index in [9.17, 15) is 14.9 Å². The van der Waals surface area contributed by atoms with E-state index in [0.29, 0.717) is 10.7 Å². The molecule has 29 heavy (non-hydrogen) atoms. The van der Waals surface area contributed by atoms with Gasteiger partial charge in [-0.1, -0.05) is 30.8 Å². The van der Waals surface area contributed by atoms with Gasteiger partial charge in [-0.05, 0) is 42.3 Å². The number of carbonyl (C=O) groups is 1. The van der Waals surface area contributed by atoms with Crippen molar-refractivity contribution in [1.82, 2.24) is 4.90 Å². The minimum absolute atomic E-state index is 0.00970. The molecule has 1 amide bonds. The Morgan fingerprint density at radius 3 is 2.76 bits per heavy atom. The normalized spacial score (nSPS) is 17.8. The van der Waals surface area contributed by atoms with Crippen molar-refractivity contribution in [3.05, 3.63) is 70.3 Å². The first kappa shape index (κ1) is 20.6. The molecule has 1 atom stereocenters. The zero-order chi connectivity index (χ0) is 20.8. The number of methoxy groups -OCH3 is 1. The van der Waals surface area contributed by atoms with E-state index in [-0.39, 0.29) is 17.6 Å². The van der Waals surface area contributed by atoms with E-state index in [1.807, 2.05) is 31.2 Å². The van der Waals surface area contributed by atoms with Crippen molar-refractivity contribution < 1.29 is 14.5 Å². The molecule has 0 saturated carbocycles. The van der Waals surface area contributed by atoms with Crippen LogP contribution >= 0.6 is 11.8 Å². The van der Waals surface area contributed by atoms with Crippen LogP contribution in [0.3, 0.4) is 0 Å². The number of amides is 1. The lowest BCUT2D eigenvalue weighted by molar-refractivity contribution is -0.384. The van der Waals surface area contributed by atoms with Crippen molar-refractivity contribution in [3.63, 3.8) is 0 Å². The molecule has 1 saturated heterocycles. The van der Waals surface area contributed by atoms with Crippen LogP contribution < -0.4 is 4.74 Å². The Bertz CT molecular complexity index is 957. The molecule has 0 bridgehead atoms. The minimum atomic E-state index is -0.455. The fourth-order valence-electron chi connectivity index (χ4n) is 2.89. The van der Waals surface area contributed by atoms with Gasteiger partial charge in [0.05, 0.1) is 17.7 Å². The standard InChI is InChI=1S/C21H21N3O4S/c1-3-17-14-29-21(22-16-8-10-19(28-2)11-9-16)23(17)20(25)12-7-15-5-4-6-18(13-15)24(26)27/h4-13,17H,3,14H2,1-2H3/b12-7+,22-21?/t17-/m1/s1. The highest BCUT2D eigenvalue weighted by molar-refractivity contribution is 8.14. The summed E-state index contributed by atoms with van der Waals surface area (Å²) >= 11 is 1.54. The van der Waals surface area contributed by atoms with Crippen molar-refractivity contribution >= 4 is 40.3 Å². The minimum Gasteiger partial charge on any atom is -0.497 e. The first-order chi connectivity index (χ1) is 14.0. The van der Waals surface area contributed by atoms with E-state index < -0.39 is 4.92 Å². The molecule has 2 aromatic rings. The maximum Gasteiger partial charge on any atom is 0.270 e. The summed E-state index contributed by atoms with van der Waals surface area (Å²) in [5.41, 5.74) is 1.33. The number of non-ortho nitro benzene ring substituents is 1. The Morgan fingerprint density at radius 2 is 2.10 bits per heavy atom. The van der Waals surface area contributed by atoms with Crippen LogP contribution in [0.5, 0.6) is 5.75 Å². The van der Waals surface area contributed by atoms with Gasteiger partial charge in [-0.2, -0.15) is 0 Å². The highest BCUT2D eigenvalue weighted by Gasteiger charge is 2.32. The third-order valence-corrected chi connectivity index (χ3v) is 5.58. The zero-order valence-corrected chi connectivity index (χ0v) is 17.0. The SMILES string of the molecule is CC[C@@H]1CSC(=Nc2ccc(OC)cc2)N1C(=O)/C=C/c1cccc([N+](=O)[O-])c1. The molecule has 3 rings (SSSR count). The van der Waals surface area contributed by atoms with E-state index in [1.165, 1.54) is 18.2 Å². The topological polar surface area (TPSA) is 85.0 Å². The third-order valence-electron chi connectivity index (χ3n) is 4.48. The largest absolute Gasteiger partial charge is 0.497 e. The van der Waals surface area contributed by atoms with Crippen molar-refractivity contribution in [2.45, 2.75) is 19.4 Å². The average molecular weight is 411 g/mol. The van der Waals surface area contributed by atoms with Crippen LogP contribution in [0.15, 0.2) is 59.6 Å². The number of aliphatic imine (C=N–C) groups is 1. The molecule has 0 unspecified atom stereocenters. The molecule has 0 radical (unpaired) electrons. The number of thioether (sulfide) groups is 1. The van der Waals surface area contributed by atoms with Gasteiger partial charge in [0.2, 0.25) is 0 Å². The van der Waals surface area contributed by atoms with Crippen LogP contribution in [0, 0.1) is 10.1 Å². The van der Waals surface area contributed by atoms with Crippen LogP contribution in [0.1, 0.15) is 18.9 Å². The molecule has 7 nitrogen and oxygen atoms in total. The molecule has 0 aromatic heterocycles. The maximum absolute atomic E-state index is 12.9. The van der Waals surface area contributed by atoms with E-state index in [2.05, 4.69) is 4.99 Å². The first-order valence-electron chi connectivity index (χ1n) is 9.13. The van der Waals surface area contributed by atoms with Gasteiger partial charge in [0.15, 0.2) is 5.17 Å². The summed E-state index contributed by atoms with van der Waals surface area (Å²) < 4.78 is 5.16. The molecule has 2 aromatic carbocycles. The zero-order valence-electron chi connectivity index (χ0n) is 16.1. The number of nitrogens with zero attached hydrogens (tertiary/aromatic N) is 3. The van der Waals surface area contributed by atoms with Crippen LogP contribution in [0.2, 0.25) is 0 Å². The molecule has 0 N–H and O–H groups in total. The van der Waals surface area contributed by atoms with Crippen molar-refractivity contribution in [3.8, 4) is 5.75 Å². The highest BCUT2D eigenvalue weighted by Crippen LogP contribution is 2.30. The van der Waals surface area contributed by atoms with Gasteiger partial charge >= 0.3 is 0 Å². The number of carbonyl (C=O) groups excluding carboxylic acids is 1. The molecular formula is C21H21N3O4S. The Morgan fingerprint density at radius 1 is 1.34 bits per heavy atom. The lowest BCUT2D eigenvalue weighted by Gasteiger charge is -2.21. The summed E-state index contributed by atoms with van der Waals surface area (Å²) in [6.45, 7) is 2.03. The molecule has 150 valence electrons. The first-order valence-corrected chi connectivity index (χ1v) is 10.1. The van der Waals surface area contributed by atoms with E-state index >= 15 is 0 Å². The predicted octanol–water partition coefficient (Wildman–Crippen LogP) is 4.66. The van der Waals surface area contributed by atoms with Crippen molar-refractivity contribution in [1.29, 1.82) is 0 Å². The number of benzene rings is 2. The summed E-state index contributed by atoms with van der Waals surface area (Å²) in [6.07, 6.45) is 3.85. The number of rotatable bonds is 6. The highest BCUT2D eigenvalue weighted by atomic mass is 32.2. The summed E-state index contributed by atoms with van der Waals surface area (Å²) in [5.74, 6) is 1.33. The van der Waals surface area contributed by atoms with Crippen LogP contribution in [-0.2, 0) is 4.79 Å². The number of nitro groups is 1. The van der Waals surface area contributed by atoms with Crippen LogP contribution in [0.25, 0.3) is 6.08 Å². The quantitative estimate of drug-likeness (QED) is 0.392. The van der Waals surface area contributed by atoms with Gasteiger partial charge in [-0.3, -0.25) is 19.8 Å². The number of amidine groups is 1. The fourth-order valence-corrected chi connectivity index (χ4v) is 4.16. The summed E-state index contributed by atoms with van der Waals surface area (Å²) in [6, 6.07) is 13.6. The molecule has 8 heteroatoms. The molecule has 1 heterocycles. The molecule has 1 aliphatic rings. The number of hydrogen-bond acceptors (Lipinski definition) is 6. The van der Waals surface area contributed by atoms with Crippen LogP contribution in [0.4, 0.5) is 11.4 Å². The average Bonchev–Trinajstić information content (AvgIpc) is 3.15. The van der Waals surface area contributed by atoms with Gasteiger partial charge in [-0.25, -0.2) is 4.99 Å². The van der Waals surface area contributed by atoms with E-state index in [1.54, 1.807) is 42.0 Å². The summed E-state index contributed by atoms with van der Waals surface area (Å²) in [7, 11) is 1.60. The Kier molecular flexibility index (Phi) is 6.66. The maximum atomic E-state index is 12.9. The molecule has 1 fully saturated rings. The number of ether oxygens (including phenoxy) is 1. The van der Waals surface area contributed by atoms with E-state index in [0.717, 1.165) is 23.6 Å². The second-order valence-corrected chi connectivity index (χ2v) is 7.35. The smallest absolute Gasteiger partial charge is 0.270 e. The van der Waals surface area contributed by atoms with Crippen LogP contribution in [-0.4, -0.2) is 39.8 Å². The van der Waals surface area contributed by atoms with Gasteiger partial charge in [-0.15, -0.1) is 0 Å². The fraction of sp³-hybridized carbons (Fsp3) is 0.238. The molecular weight excluding hydrogens is 390 g/mol. The van der Waals surface area contributed by atoms with Gasteiger partial charge < -0.3 is 4.74 Å². The third kappa shape index (κ3) is 5.03. The second kappa shape index (κ2) is 9.38. The second-order valence-electron chi connectivity index (χ2n) is 6.36. The van der Waals surface area contributed by atoms with Gasteiger partial charge in [0.25, 0.3) is 11.6 Å². The monoisotopic (exact) mass is 411 g/mol. The van der Waals surface area contributed by atoms with Gasteiger partial charge in [0.1, 0.15) is 5.75 Å². The number of hydrogen-bond donors (Lipinski definition) is 0. The predicted molar refractivity (Wildman–Crippen MR) is 116 cm³/mol. The summed E-state index contributed by atoms with van der Waals surface area (Å²) in [5, 5.41) is 11.6. The lowest BCUT2D eigenvalue weighted by atomic mass is 10.1. The van der Waals surface area contributed by atoms with E-state index in [4.69, 9.17) is 4.74 Å².